The quantitative estimate of drug-likeness (QED) is 0.640. The standard InChI is InChI=1S/C14H20O/c1-4-5-8-13-9-6-7-10-14(13)15-11-12(2)3/h4,6-7,9-10,12H,1,5,8,11H2,2-3H3. The topological polar surface area (TPSA) is 9.23 Å². The molecule has 0 heterocycles. The third-order valence-electron chi connectivity index (χ3n) is 2.16. The van der Waals surface area contributed by atoms with Crippen LogP contribution in [-0.2, 0) is 6.42 Å². The van der Waals surface area contributed by atoms with Crippen molar-refractivity contribution in [3.05, 3.63) is 42.5 Å². The van der Waals surface area contributed by atoms with E-state index in [4.69, 9.17) is 4.74 Å². The first-order valence-corrected chi connectivity index (χ1v) is 5.55. The van der Waals surface area contributed by atoms with Crippen molar-refractivity contribution in [3.8, 4) is 5.75 Å². The van der Waals surface area contributed by atoms with Crippen LogP contribution in [-0.4, -0.2) is 6.61 Å². The zero-order valence-corrected chi connectivity index (χ0v) is 9.70. The summed E-state index contributed by atoms with van der Waals surface area (Å²) in [6.07, 6.45) is 3.96. The maximum atomic E-state index is 5.76. The van der Waals surface area contributed by atoms with Gasteiger partial charge < -0.3 is 4.74 Å². The van der Waals surface area contributed by atoms with Crippen LogP contribution in [0.3, 0.4) is 0 Å². The van der Waals surface area contributed by atoms with Gasteiger partial charge in [-0.15, -0.1) is 6.58 Å². The second-order valence-electron chi connectivity index (χ2n) is 4.14. The highest BCUT2D eigenvalue weighted by Crippen LogP contribution is 2.20. The number of allylic oxidation sites excluding steroid dienone is 1. The fourth-order valence-electron chi connectivity index (χ4n) is 1.37. The lowest BCUT2D eigenvalue weighted by Gasteiger charge is -2.12. The number of aryl methyl sites for hydroxylation is 1. The maximum absolute atomic E-state index is 5.76. The van der Waals surface area contributed by atoms with E-state index in [9.17, 15) is 0 Å². The zero-order chi connectivity index (χ0) is 11.1. The van der Waals surface area contributed by atoms with Crippen molar-refractivity contribution in [1.82, 2.24) is 0 Å². The first-order chi connectivity index (χ1) is 7.24. The summed E-state index contributed by atoms with van der Waals surface area (Å²) >= 11 is 0. The Morgan fingerprint density at radius 1 is 1.33 bits per heavy atom. The summed E-state index contributed by atoms with van der Waals surface area (Å²) in [7, 11) is 0. The van der Waals surface area contributed by atoms with Gasteiger partial charge in [-0.3, -0.25) is 0 Å². The van der Waals surface area contributed by atoms with Crippen molar-refractivity contribution in [2.45, 2.75) is 26.7 Å². The monoisotopic (exact) mass is 204 g/mol. The smallest absolute Gasteiger partial charge is 0.122 e. The molecule has 0 amide bonds. The van der Waals surface area contributed by atoms with Crippen LogP contribution in [0.25, 0.3) is 0 Å². The summed E-state index contributed by atoms with van der Waals surface area (Å²) in [5.41, 5.74) is 1.28. The second-order valence-corrected chi connectivity index (χ2v) is 4.14. The van der Waals surface area contributed by atoms with Crippen molar-refractivity contribution in [3.63, 3.8) is 0 Å². The van der Waals surface area contributed by atoms with Gasteiger partial charge in [-0.25, -0.2) is 0 Å². The molecule has 0 saturated carbocycles. The third-order valence-corrected chi connectivity index (χ3v) is 2.16. The van der Waals surface area contributed by atoms with Gasteiger partial charge >= 0.3 is 0 Å². The van der Waals surface area contributed by atoms with Crippen molar-refractivity contribution in [2.75, 3.05) is 6.61 Å². The lowest BCUT2D eigenvalue weighted by molar-refractivity contribution is 0.268. The molecule has 1 aromatic rings. The molecular weight excluding hydrogens is 184 g/mol. The molecule has 1 heteroatoms. The molecule has 0 radical (unpaired) electrons. The van der Waals surface area contributed by atoms with Crippen molar-refractivity contribution in [1.29, 1.82) is 0 Å². The Hall–Kier alpha value is -1.24. The number of para-hydroxylation sites is 1. The summed E-state index contributed by atoms with van der Waals surface area (Å²) in [5, 5.41) is 0. The molecule has 0 spiro atoms. The van der Waals surface area contributed by atoms with Gasteiger partial charge in [0.05, 0.1) is 6.61 Å². The molecule has 0 N–H and O–H groups in total. The Balaban J connectivity index is 2.63. The number of ether oxygens (including phenoxy) is 1. The SMILES string of the molecule is C=CCCc1ccccc1OCC(C)C. The summed E-state index contributed by atoms with van der Waals surface area (Å²) in [6, 6.07) is 8.24. The van der Waals surface area contributed by atoms with E-state index in [0.717, 1.165) is 25.2 Å². The van der Waals surface area contributed by atoms with E-state index >= 15 is 0 Å². The Kier molecular flexibility index (Phi) is 4.96. The molecule has 1 nitrogen and oxygen atoms in total. The van der Waals surface area contributed by atoms with E-state index in [2.05, 4.69) is 32.6 Å². The molecule has 15 heavy (non-hydrogen) atoms. The van der Waals surface area contributed by atoms with Gasteiger partial charge in [0, 0.05) is 0 Å². The molecule has 0 saturated heterocycles. The van der Waals surface area contributed by atoms with Crippen LogP contribution >= 0.6 is 0 Å². The van der Waals surface area contributed by atoms with Crippen LogP contribution < -0.4 is 4.74 Å². The van der Waals surface area contributed by atoms with E-state index in [1.165, 1.54) is 5.56 Å². The van der Waals surface area contributed by atoms with Crippen molar-refractivity contribution >= 4 is 0 Å². The molecular formula is C14H20O. The van der Waals surface area contributed by atoms with Gasteiger partial charge in [0.1, 0.15) is 5.75 Å². The summed E-state index contributed by atoms with van der Waals surface area (Å²) in [5.74, 6) is 1.59. The minimum absolute atomic E-state index is 0.567. The van der Waals surface area contributed by atoms with Gasteiger partial charge in [-0.2, -0.15) is 0 Å². The highest BCUT2D eigenvalue weighted by molar-refractivity contribution is 5.33. The van der Waals surface area contributed by atoms with Crippen LogP contribution in [0, 0.1) is 5.92 Å². The van der Waals surface area contributed by atoms with Gasteiger partial charge in [-0.1, -0.05) is 38.1 Å². The fraction of sp³-hybridized carbons (Fsp3) is 0.429. The molecule has 1 aromatic carbocycles. The van der Waals surface area contributed by atoms with E-state index in [1.54, 1.807) is 0 Å². The molecule has 0 atom stereocenters. The van der Waals surface area contributed by atoms with E-state index in [-0.39, 0.29) is 0 Å². The average molecular weight is 204 g/mol. The Morgan fingerprint density at radius 2 is 2.07 bits per heavy atom. The lowest BCUT2D eigenvalue weighted by Crippen LogP contribution is -2.06. The van der Waals surface area contributed by atoms with E-state index in [1.807, 2.05) is 18.2 Å². The van der Waals surface area contributed by atoms with Crippen LogP contribution in [0.2, 0.25) is 0 Å². The summed E-state index contributed by atoms with van der Waals surface area (Å²) in [6.45, 7) is 8.84. The first-order valence-electron chi connectivity index (χ1n) is 5.55. The third kappa shape index (κ3) is 4.20. The maximum Gasteiger partial charge on any atom is 0.122 e. The van der Waals surface area contributed by atoms with Gasteiger partial charge in [0.15, 0.2) is 0 Å². The lowest BCUT2D eigenvalue weighted by atomic mass is 10.1. The number of hydrogen-bond donors (Lipinski definition) is 0. The van der Waals surface area contributed by atoms with Gasteiger partial charge in [0.2, 0.25) is 0 Å². The predicted molar refractivity (Wildman–Crippen MR) is 65.3 cm³/mol. The minimum Gasteiger partial charge on any atom is -0.493 e. The molecule has 0 bridgehead atoms. The van der Waals surface area contributed by atoms with Crippen LogP contribution in [0.1, 0.15) is 25.8 Å². The Morgan fingerprint density at radius 3 is 2.73 bits per heavy atom. The zero-order valence-electron chi connectivity index (χ0n) is 9.70. The highest BCUT2D eigenvalue weighted by atomic mass is 16.5. The molecule has 0 aliphatic carbocycles. The van der Waals surface area contributed by atoms with E-state index in [0.29, 0.717) is 5.92 Å². The highest BCUT2D eigenvalue weighted by Gasteiger charge is 2.02. The fourth-order valence-corrected chi connectivity index (χ4v) is 1.37. The second kappa shape index (κ2) is 6.28. The first kappa shape index (κ1) is 11.8. The molecule has 0 unspecified atom stereocenters. The summed E-state index contributed by atoms with van der Waals surface area (Å²) in [4.78, 5) is 0. The number of rotatable bonds is 6. The van der Waals surface area contributed by atoms with Gasteiger partial charge in [-0.05, 0) is 30.4 Å². The van der Waals surface area contributed by atoms with Crippen LogP contribution in [0.4, 0.5) is 0 Å². The van der Waals surface area contributed by atoms with Crippen molar-refractivity contribution < 1.29 is 4.74 Å². The Labute approximate surface area is 92.8 Å². The van der Waals surface area contributed by atoms with Crippen LogP contribution in [0.15, 0.2) is 36.9 Å². The Bertz CT molecular complexity index is 302. The number of hydrogen-bond acceptors (Lipinski definition) is 1. The average Bonchev–Trinajstić information content (AvgIpc) is 2.24. The molecule has 0 aromatic heterocycles. The molecule has 1 rings (SSSR count). The normalized spacial score (nSPS) is 10.3. The van der Waals surface area contributed by atoms with E-state index < -0.39 is 0 Å². The predicted octanol–water partition coefficient (Wildman–Crippen LogP) is 3.84. The van der Waals surface area contributed by atoms with Crippen LogP contribution in [0.5, 0.6) is 5.75 Å². The molecule has 0 aliphatic rings. The largest absolute Gasteiger partial charge is 0.493 e. The van der Waals surface area contributed by atoms with Gasteiger partial charge in [0.25, 0.3) is 0 Å². The molecule has 0 aliphatic heterocycles. The molecule has 0 fully saturated rings. The summed E-state index contributed by atoms with van der Waals surface area (Å²) < 4.78 is 5.76. The molecule has 82 valence electrons. The number of benzene rings is 1. The van der Waals surface area contributed by atoms with Crippen molar-refractivity contribution in [2.24, 2.45) is 5.92 Å². The minimum atomic E-state index is 0.567.